The van der Waals surface area contributed by atoms with Crippen molar-refractivity contribution in [3.05, 3.63) is 47.8 Å². The topological polar surface area (TPSA) is 29.5 Å². The summed E-state index contributed by atoms with van der Waals surface area (Å²) < 4.78 is 56.4. The van der Waals surface area contributed by atoms with Gasteiger partial charge in [-0.25, -0.2) is 4.39 Å². The van der Waals surface area contributed by atoms with E-state index in [0.29, 0.717) is 6.07 Å². The molecule has 0 amide bonds. The number of aromatic hydroxyl groups is 1. The van der Waals surface area contributed by atoms with Crippen molar-refractivity contribution in [3.8, 4) is 22.6 Å². The summed E-state index contributed by atoms with van der Waals surface area (Å²) in [6, 6.07) is 6.05. The summed E-state index contributed by atoms with van der Waals surface area (Å²) in [7, 11) is 1.32. The number of hydrogen-bond acceptors (Lipinski definition) is 2. The van der Waals surface area contributed by atoms with E-state index in [1.165, 1.54) is 13.2 Å². The lowest BCUT2D eigenvalue weighted by atomic mass is 10.0. The molecule has 2 rings (SSSR count). The van der Waals surface area contributed by atoms with E-state index in [2.05, 4.69) is 0 Å². The third kappa shape index (κ3) is 2.84. The van der Waals surface area contributed by atoms with Crippen LogP contribution in [0.15, 0.2) is 36.4 Å². The predicted molar refractivity (Wildman–Crippen MR) is 65.1 cm³/mol. The Kier molecular flexibility index (Phi) is 3.57. The molecule has 0 bridgehead atoms. The number of methoxy groups -OCH3 is 1. The second kappa shape index (κ2) is 5.03. The molecule has 0 fully saturated rings. The summed E-state index contributed by atoms with van der Waals surface area (Å²) in [5.41, 5.74) is -0.860. The lowest BCUT2D eigenvalue weighted by Crippen LogP contribution is -2.04. The van der Waals surface area contributed by atoms with Gasteiger partial charge >= 0.3 is 6.18 Å². The molecule has 20 heavy (non-hydrogen) atoms. The van der Waals surface area contributed by atoms with Crippen molar-refractivity contribution >= 4 is 0 Å². The van der Waals surface area contributed by atoms with E-state index in [4.69, 9.17) is 4.74 Å². The average molecular weight is 286 g/mol. The Labute approximate surface area is 112 Å². The van der Waals surface area contributed by atoms with Gasteiger partial charge in [-0.05, 0) is 42.0 Å². The molecule has 1 N–H and O–H groups in total. The highest BCUT2D eigenvalue weighted by Crippen LogP contribution is 2.38. The highest BCUT2D eigenvalue weighted by atomic mass is 19.4. The van der Waals surface area contributed by atoms with Crippen molar-refractivity contribution in [2.45, 2.75) is 6.18 Å². The molecule has 0 aromatic heterocycles. The fourth-order valence-corrected chi connectivity index (χ4v) is 1.84. The van der Waals surface area contributed by atoms with Crippen LogP contribution in [-0.2, 0) is 6.18 Å². The highest BCUT2D eigenvalue weighted by molar-refractivity contribution is 5.72. The molecule has 106 valence electrons. The van der Waals surface area contributed by atoms with Crippen LogP contribution >= 0.6 is 0 Å². The molecule has 0 spiro atoms. The molecule has 0 radical (unpaired) electrons. The smallest absolute Gasteiger partial charge is 0.416 e. The van der Waals surface area contributed by atoms with E-state index < -0.39 is 23.3 Å². The van der Waals surface area contributed by atoms with E-state index >= 15 is 0 Å². The van der Waals surface area contributed by atoms with Gasteiger partial charge in [0.1, 0.15) is 17.3 Å². The summed E-state index contributed by atoms with van der Waals surface area (Å²) in [4.78, 5) is 0. The summed E-state index contributed by atoms with van der Waals surface area (Å²) in [6.07, 6.45) is -4.60. The Morgan fingerprint density at radius 1 is 1.05 bits per heavy atom. The minimum absolute atomic E-state index is 0.0219. The summed E-state index contributed by atoms with van der Waals surface area (Å²) >= 11 is 0. The van der Waals surface area contributed by atoms with E-state index in [-0.39, 0.29) is 16.9 Å². The van der Waals surface area contributed by atoms with Crippen LogP contribution in [0.4, 0.5) is 17.6 Å². The highest BCUT2D eigenvalue weighted by Gasteiger charge is 2.31. The summed E-state index contributed by atoms with van der Waals surface area (Å²) in [5, 5.41) is 9.42. The van der Waals surface area contributed by atoms with Crippen LogP contribution in [0.3, 0.4) is 0 Å². The van der Waals surface area contributed by atoms with Crippen molar-refractivity contribution in [1.29, 1.82) is 0 Å². The minimum Gasteiger partial charge on any atom is -0.508 e. The maximum Gasteiger partial charge on any atom is 0.416 e. The van der Waals surface area contributed by atoms with Crippen LogP contribution < -0.4 is 4.74 Å². The third-order valence-electron chi connectivity index (χ3n) is 2.72. The number of phenols is 1. The second-order valence-electron chi connectivity index (χ2n) is 4.11. The van der Waals surface area contributed by atoms with Gasteiger partial charge in [0.25, 0.3) is 0 Å². The third-order valence-corrected chi connectivity index (χ3v) is 2.72. The molecule has 0 aliphatic heterocycles. The molecule has 2 aromatic carbocycles. The van der Waals surface area contributed by atoms with Gasteiger partial charge in [-0.3, -0.25) is 0 Å². The lowest BCUT2D eigenvalue weighted by Gasteiger charge is -2.12. The van der Waals surface area contributed by atoms with Crippen LogP contribution in [0, 0.1) is 5.82 Å². The Morgan fingerprint density at radius 3 is 2.35 bits per heavy atom. The molecule has 2 nitrogen and oxygen atoms in total. The minimum atomic E-state index is -4.60. The molecule has 0 heterocycles. The number of benzene rings is 2. The van der Waals surface area contributed by atoms with E-state index in [1.807, 2.05) is 0 Å². The first-order valence-corrected chi connectivity index (χ1v) is 5.56. The average Bonchev–Trinajstić information content (AvgIpc) is 2.37. The number of hydrogen-bond donors (Lipinski definition) is 1. The fraction of sp³-hybridized carbons (Fsp3) is 0.143. The maximum absolute atomic E-state index is 13.3. The van der Waals surface area contributed by atoms with Gasteiger partial charge in [0.15, 0.2) is 0 Å². The first-order valence-electron chi connectivity index (χ1n) is 5.56. The quantitative estimate of drug-likeness (QED) is 0.837. The Morgan fingerprint density at radius 2 is 1.75 bits per heavy atom. The van der Waals surface area contributed by atoms with Crippen LogP contribution in [0.25, 0.3) is 11.1 Å². The van der Waals surface area contributed by atoms with Gasteiger partial charge < -0.3 is 9.84 Å². The zero-order chi connectivity index (χ0) is 14.9. The number of rotatable bonds is 2. The SMILES string of the molecule is COc1ccc(F)cc1-c1cc(O)cc(C(F)(F)F)c1. The Balaban J connectivity index is 2.64. The maximum atomic E-state index is 13.3. The van der Waals surface area contributed by atoms with E-state index in [1.54, 1.807) is 0 Å². The Hall–Kier alpha value is -2.24. The molecular weight excluding hydrogens is 276 g/mol. The fourth-order valence-electron chi connectivity index (χ4n) is 1.84. The van der Waals surface area contributed by atoms with Crippen molar-refractivity contribution in [3.63, 3.8) is 0 Å². The van der Waals surface area contributed by atoms with Gasteiger partial charge in [0.05, 0.1) is 12.7 Å². The molecule has 0 atom stereocenters. The van der Waals surface area contributed by atoms with Crippen LogP contribution in [0.5, 0.6) is 11.5 Å². The van der Waals surface area contributed by atoms with Crippen molar-refractivity contribution in [2.24, 2.45) is 0 Å². The van der Waals surface area contributed by atoms with Gasteiger partial charge in [0.2, 0.25) is 0 Å². The van der Waals surface area contributed by atoms with E-state index in [0.717, 1.165) is 24.3 Å². The number of ether oxygens (including phenoxy) is 1. The first kappa shape index (κ1) is 14.2. The first-order chi connectivity index (χ1) is 9.31. The van der Waals surface area contributed by atoms with Gasteiger partial charge in [-0.2, -0.15) is 13.2 Å². The molecule has 0 aliphatic rings. The molecule has 0 unspecified atom stereocenters. The van der Waals surface area contributed by atoms with Crippen molar-refractivity contribution < 1.29 is 27.4 Å². The standard InChI is InChI=1S/C14H10F4O2/c1-20-13-3-2-10(15)7-12(13)8-4-9(14(16,17)18)6-11(19)5-8/h2-7,19H,1H3. The second-order valence-corrected chi connectivity index (χ2v) is 4.11. The molecule has 0 saturated heterocycles. The summed E-state index contributed by atoms with van der Waals surface area (Å²) in [5.74, 6) is -0.955. The molecule has 6 heteroatoms. The zero-order valence-corrected chi connectivity index (χ0v) is 10.3. The molecule has 2 aromatic rings. The van der Waals surface area contributed by atoms with E-state index in [9.17, 15) is 22.7 Å². The molecule has 0 saturated carbocycles. The van der Waals surface area contributed by atoms with Crippen LogP contribution in [0.1, 0.15) is 5.56 Å². The summed E-state index contributed by atoms with van der Waals surface area (Å²) in [6.45, 7) is 0. The zero-order valence-electron chi connectivity index (χ0n) is 10.3. The van der Waals surface area contributed by atoms with Crippen molar-refractivity contribution in [1.82, 2.24) is 0 Å². The molecular formula is C14H10F4O2. The van der Waals surface area contributed by atoms with Crippen LogP contribution in [0.2, 0.25) is 0 Å². The van der Waals surface area contributed by atoms with Gasteiger partial charge in [-0.1, -0.05) is 0 Å². The molecule has 0 aliphatic carbocycles. The largest absolute Gasteiger partial charge is 0.508 e. The number of phenolic OH excluding ortho intramolecular Hbond substituents is 1. The van der Waals surface area contributed by atoms with Crippen LogP contribution in [-0.4, -0.2) is 12.2 Å². The van der Waals surface area contributed by atoms with Crippen molar-refractivity contribution in [2.75, 3.05) is 7.11 Å². The Bertz CT molecular complexity index is 636. The monoisotopic (exact) mass is 286 g/mol. The number of alkyl halides is 3. The normalized spacial score (nSPS) is 11.4. The lowest BCUT2D eigenvalue weighted by molar-refractivity contribution is -0.137. The van der Waals surface area contributed by atoms with Gasteiger partial charge in [0, 0.05) is 5.56 Å². The predicted octanol–water partition coefficient (Wildman–Crippen LogP) is 4.23. The van der Waals surface area contributed by atoms with Gasteiger partial charge in [-0.15, -0.1) is 0 Å². The number of halogens is 4.